The Morgan fingerprint density at radius 1 is 1.28 bits per heavy atom. The van der Waals surface area contributed by atoms with Crippen molar-refractivity contribution in [2.24, 2.45) is 0 Å². The van der Waals surface area contributed by atoms with Crippen LogP contribution in [0.1, 0.15) is 31.9 Å². The molecule has 2 N–H and O–H groups in total. The number of aliphatic hydroxyl groups excluding tert-OH is 1. The standard InChI is InChI=1S/C15H25NOS/c1-11(2)16-15(5,9-17)10-18-14-7-6-12(3)13(4)8-14/h6-8,11,16-17H,9-10H2,1-5H3. The van der Waals surface area contributed by atoms with E-state index in [-0.39, 0.29) is 12.1 Å². The predicted octanol–water partition coefficient (Wildman–Crippen LogP) is 3.14. The number of nitrogens with one attached hydrogen (secondary N) is 1. The van der Waals surface area contributed by atoms with Crippen molar-refractivity contribution in [2.75, 3.05) is 12.4 Å². The molecule has 0 aliphatic carbocycles. The lowest BCUT2D eigenvalue weighted by Gasteiger charge is -2.30. The van der Waals surface area contributed by atoms with Gasteiger partial charge in [0.05, 0.1) is 6.61 Å². The van der Waals surface area contributed by atoms with Crippen LogP contribution in [0.5, 0.6) is 0 Å². The van der Waals surface area contributed by atoms with Gasteiger partial charge in [0.25, 0.3) is 0 Å². The lowest BCUT2D eigenvalue weighted by Crippen LogP contribution is -2.51. The fraction of sp³-hybridized carbons (Fsp3) is 0.600. The summed E-state index contributed by atoms with van der Waals surface area (Å²) < 4.78 is 0. The summed E-state index contributed by atoms with van der Waals surface area (Å²) in [6.45, 7) is 10.7. The van der Waals surface area contributed by atoms with Crippen molar-refractivity contribution >= 4 is 11.8 Å². The maximum Gasteiger partial charge on any atom is 0.0618 e. The van der Waals surface area contributed by atoms with Crippen molar-refractivity contribution in [3.05, 3.63) is 29.3 Å². The first-order valence-corrected chi connectivity index (χ1v) is 7.43. The van der Waals surface area contributed by atoms with Gasteiger partial charge in [0.2, 0.25) is 0 Å². The third kappa shape index (κ3) is 4.63. The van der Waals surface area contributed by atoms with Gasteiger partial charge < -0.3 is 10.4 Å². The molecule has 0 aliphatic rings. The number of thioether (sulfide) groups is 1. The fourth-order valence-electron chi connectivity index (χ4n) is 1.88. The van der Waals surface area contributed by atoms with Gasteiger partial charge in [0, 0.05) is 22.2 Å². The normalized spacial score (nSPS) is 14.8. The summed E-state index contributed by atoms with van der Waals surface area (Å²) in [6.07, 6.45) is 0. The van der Waals surface area contributed by atoms with Crippen LogP contribution in [-0.4, -0.2) is 29.0 Å². The van der Waals surface area contributed by atoms with Gasteiger partial charge in [0.15, 0.2) is 0 Å². The maximum absolute atomic E-state index is 9.54. The van der Waals surface area contributed by atoms with Crippen LogP contribution in [0, 0.1) is 13.8 Å². The maximum atomic E-state index is 9.54. The van der Waals surface area contributed by atoms with E-state index < -0.39 is 0 Å². The molecule has 0 saturated heterocycles. The summed E-state index contributed by atoms with van der Waals surface area (Å²) in [5.41, 5.74) is 2.42. The zero-order valence-electron chi connectivity index (χ0n) is 12.1. The van der Waals surface area contributed by atoms with Crippen LogP contribution in [0.4, 0.5) is 0 Å². The fourth-order valence-corrected chi connectivity index (χ4v) is 2.96. The molecule has 0 saturated carbocycles. The zero-order chi connectivity index (χ0) is 13.8. The minimum atomic E-state index is -0.225. The SMILES string of the molecule is Cc1ccc(SCC(C)(CO)NC(C)C)cc1C. The summed E-state index contributed by atoms with van der Waals surface area (Å²) in [5, 5.41) is 13.0. The highest BCUT2D eigenvalue weighted by molar-refractivity contribution is 7.99. The molecule has 0 radical (unpaired) electrons. The molecule has 0 spiro atoms. The molecule has 18 heavy (non-hydrogen) atoms. The number of aliphatic hydroxyl groups is 1. The Bertz CT molecular complexity index is 392. The third-order valence-corrected chi connectivity index (χ3v) is 4.39. The molecule has 0 bridgehead atoms. The molecule has 2 nitrogen and oxygen atoms in total. The minimum absolute atomic E-state index is 0.156. The summed E-state index contributed by atoms with van der Waals surface area (Å²) in [5.74, 6) is 0.865. The number of hydrogen-bond acceptors (Lipinski definition) is 3. The lowest BCUT2D eigenvalue weighted by molar-refractivity contribution is 0.183. The van der Waals surface area contributed by atoms with Gasteiger partial charge in [0.1, 0.15) is 0 Å². The van der Waals surface area contributed by atoms with Gasteiger partial charge >= 0.3 is 0 Å². The molecule has 1 aromatic carbocycles. The smallest absolute Gasteiger partial charge is 0.0618 e. The average molecular weight is 267 g/mol. The van der Waals surface area contributed by atoms with Crippen molar-refractivity contribution < 1.29 is 5.11 Å². The molecule has 0 aromatic heterocycles. The first-order chi connectivity index (χ1) is 8.36. The molecule has 102 valence electrons. The second-order valence-electron chi connectivity index (χ2n) is 5.55. The second-order valence-corrected chi connectivity index (χ2v) is 6.60. The van der Waals surface area contributed by atoms with Crippen LogP contribution < -0.4 is 5.32 Å². The van der Waals surface area contributed by atoms with E-state index in [9.17, 15) is 5.11 Å². The Labute approximate surface area is 115 Å². The van der Waals surface area contributed by atoms with E-state index in [1.807, 2.05) is 0 Å². The van der Waals surface area contributed by atoms with E-state index in [0.717, 1.165) is 5.75 Å². The van der Waals surface area contributed by atoms with Crippen LogP contribution in [-0.2, 0) is 0 Å². The summed E-state index contributed by atoms with van der Waals surface area (Å²) in [6, 6.07) is 6.90. The van der Waals surface area contributed by atoms with Crippen LogP contribution >= 0.6 is 11.8 Å². The number of aryl methyl sites for hydroxylation is 2. The highest BCUT2D eigenvalue weighted by Gasteiger charge is 2.23. The lowest BCUT2D eigenvalue weighted by atomic mass is 10.1. The highest BCUT2D eigenvalue weighted by atomic mass is 32.2. The van der Waals surface area contributed by atoms with Gasteiger partial charge in [-0.2, -0.15) is 0 Å². The topological polar surface area (TPSA) is 32.3 Å². The van der Waals surface area contributed by atoms with Gasteiger partial charge in [-0.05, 0) is 44.0 Å². The van der Waals surface area contributed by atoms with Crippen LogP contribution in [0.3, 0.4) is 0 Å². The predicted molar refractivity (Wildman–Crippen MR) is 80.4 cm³/mol. The quantitative estimate of drug-likeness (QED) is 0.777. The highest BCUT2D eigenvalue weighted by Crippen LogP contribution is 2.24. The van der Waals surface area contributed by atoms with E-state index in [4.69, 9.17) is 0 Å². The molecule has 1 atom stereocenters. The van der Waals surface area contributed by atoms with Gasteiger partial charge in [-0.1, -0.05) is 19.9 Å². The van der Waals surface area contributed by atoms with E-state index in [1.165, 1.54) is 16.0 Å². The Balaban J connectivity index is 2.64. The Kier molecular flexibility index (Phi) is 5.70. The molecule has 1 unspecified atom stereocenters. The molecular weight excluding hydrogens is 242 g/mol. The molecule has 0 aliphatic heterocycles. The Morgan fingerprint density at radius 3 is 2.44 bits per heavy atom. The van der Waals surface area contributed by atoms with Gasteiger partial charge in [-0.3, -0.25) is 0 Å². The molecule has 1 aromatic rings. The number of benzene rings is 1. The largest absolute Gasteiger partial charge is 0.394 e. The zero-order valence-corrected chi connectivity index (χ0v) is 12.9. The second kappa shape index (κ2) is 6.60. The minimum Gasteiger partial charge on any atom is -0.394 e. The van der Waals surface area contributed by atoms with Crippen LogP contribution in [0.25, 0.3) is 0 Å². The van der Waals surface area contributed by atoms with Crippen molar-refractivity contribution in [1.29, 1.82) is 0 Å². The Hall–Kier alpha value is -0.510. The van der Waals surface area contributed by atoms with Crippen molar-refractivity contribution in [1.82, 2.24) is 5.32 Å². The number of hydrogen-bond donors (Lipinski definition) is 2. The monoisotopic (exact) mass is 267 g/mol. The van der Waals surface area contributed by atoms with Crippen molar-refractivity contribution in [3.8, 4) is 0 Å². The molecule has 3 heteroatoms. The molecule has 1 rings (SSSR count). The first kappa shape index (κ1) is 15.5. The van der Waals surface area contributed by atoms with Gasteiger partial charge in [-0.25, -0.2) is 0 Å². The number of rotatable bonds is 6. The molecule has 0 fully saturated rings. The van der Waals surface area contributed by atoms with E-state index in [2.05, 4.69) is 58.1 Å². The van der Waals surface area contributed by atoms with E-state index in [0.29, 0.717) is 6.04 Å². The Morgan fingerprint density at radius 2 is 1.94 bits per heavy atom. The van der Waals surface area contributed by atoms with Crippen molar-refractivity contribution in [2.45, 2.75) is 51.1 Å². The summed E-state index contributed by atoms with van der Waals surface area (Å²) >= 11 is 1.79. The summed E-state index contributed by atoms with van der Waals surface area (Å²) in [4.78, 5) is 1.27. The first-order valence-electron chi connectivity index (χ1n) is 6.45. The van der Waals surface area contributed by atoms with E-state index in [1.54, 1.807) is 11.8 Å². The average Bonchev–Trinajstić information content (AvgIpc) is 2.30. The molecular formula is C15H25NOS. The third-order valence-electron chi connectivity index (χ3n) is 3.02. The van der Waals surface area contributed by atoms with Gasteiger partial charge in [-0.15, -0.1) is 11.8 Å². The molecule has 0 heterocycles. The summed E-state index contributed by atoms with van der Waals surface area (Å²) in [7, 11) is 0. The van der Waals surface area contributed by atoms with Crippen LogP contribution in [0.15, 0.2) is 23.1 Å². The van der Waals surface area contributed by atoms with Crippen molar-refractivity contribution in [3.63, 3.8) is 0 Å². The molecule has 0 amide bonds. The van der Waals surface area contributed by atoms with E-state index >= 15 is 0 Å². The van der Waals surface area contributed by atoms with Crippen LogP contribution in [0.2, 0.25) is 0 Å².